The van der Waals surface area contributed by atoms with Crippen molar-refractivity contribution in [2.75, 3.05) is 27.9 Å². The number of amides is 2. The first-order valence-electron chi connectivity index (χ1n) is 8.14. The molecule has 0 spiro atoms. The van der Waals surface area contributed by atoms with Gasteiger partial charge in [0.2, 0.25) is 0 Å². The number of rotatable bonds is 8. The zero-order valence-electron chi connectivity index (χ0n) is 15.6. The number of hydrogen-bond acceptors (Lipinski definition) is 6. The van der Waals surface area contributed by atoms with Crippen LogP contribution in [0.3, 0.4) is 0 Å². The fraction of sp³-hybridized carbons (Fsp3) is 0.211. The molecule has 2 rings (SSSR count). The summed E-state index contributed by atoms with van der Waals surface area (Å²) in [6, 6.07) is 9.78. The number of carbonyl (C=O) groups is 2. The molecule has 8 nitrogen and oxygen atoms in total. The van der Waals surface area contributed by atoms with Crippen LogP contribution in [0.4, 0.5) is 0 Å². The second kappa shape index (κ2) is 10.2. The lowest BCUT2D eigenvalue weighted by Gasteiger charge is -2.09. The van der Waals surface area contributed by atoms with Crippen molar-refractivity contribution in [3.8, 4) is 17.2 Å². The van der Waals surface area contributed by atoms with Crippen LogP contribution in [-0.2, 0) is 4.79 Å². The van der Waals surface area contributed by atoms with Gasteiger partial charge in [-0.25, -0.2) is 5.43 Å². The second-order valence-corrected chi connectivity index (χ2v) is 5.85. The molecule has 0 unspecified atom stereocenters. The first kappa shape index (κ1) is 21.0. The lowest BCUT2D eigenvalue weighted by molar-refractivity contribution is -0.120. The summed E-state index contributed by atoms with van der Waals surface area (Å²) >= 11 is 6.02. The Morgan fingerprint density at radius 2 is 1.68 bits per heavy atom. The first-order chi connectivity index (χ1) is 13.5. The molecule has 2 amide bonds. The molecule has 0 saturated heterocycles. The van der Waals surface area contributed by atoms with Gasteiger partial charge < -0.3 is 19.5 Å². The monoisotopic (exact) mass is 405 g/mol. The first-order valence-corrected chi connectivity index (χ1v) is 8.52. The number of ether oxygens (including phenoxy) is 3. The van der Waals surface area contributed by atoms with E-state index in [1.807, 2.05) is 0 Å². The summed E-state index contributed by atoms with van der Waals surface area (Å²) in [7, 11) is 4.49. The van der Waals surface area contributed by atoms with Gasteiger partial charge in [0.05, 0.1) is 39.1 Å². The smallest absolute Gasteiger partial charge is 0.259 e. The molecule has 0 aliphatic carbocycles. The highest BCUT2D eigenvalue weighted by atomic mass is 35.5. The Hall–Kier alpha value is -3.26. The van der Waals surface area contributed by atoms with Crippen molar-refractivity contribution < 1.29 is 23.8 Å². The quantitative estimate of drug-likeness (QED) is 0.518. The van der Waals surface area contributed by atoms with E-state index in [9.17, 15) is 9.59 Å². The Morgan fingerprint density at radius 1 is 1.00 bits per heavy atom. The van der Waals surface area contributed by atoms with Crippen molar-refractivity contribution >= 4 is 29.6 Å². The van der Waals surface area contributed by atoms with Crippen LogP contribution in [0.25, 0.3) is 0 Å². The van der Waals surface area contributed by atoms with E-state index in [0.29, 0.717) is 33.4 Å². The Balaban J connectivity index is 1.86. The molecule has 0 aliphatic rings. The normalized spacial score (nSPS) is 10.4. The molecule has 0 atom stereocenters. The molecule has 0 aliphatic heterocycles. The molecular formula is C19H20ClN3O5. The van der Waals surface area contributed by atoms with Crippen LogP contribution < -0.4 is 25.0 Å². The second-order valence-electron chi connectivity index (χ2n) is 5.44. The third kappa shape index (κ3) is 5.62. The molecule has 28 heavy (non-hydrogen) atoms. The number of nitrogens with one attached hydrogen (secondary N) is 2. The van der Waals surface area contributed by atoms with Crippen LogP contribution in [0.15, 0.2) is 41.5 Å². The average molecular weight is 406 g/mol. The number of nitrogens with zero attached hydrogens (tertiary/aromatic N) is 1. The topological polar surface area (TPSA) is 98.2 Å². The molecule has 2 aromatic carbocycles. The molecular weight excluding hydrogens is 386 g/mol. The molecule has 148 valence electrons. The Kier molecular flexibility index (Phi) is 7.65. The summed E-state index contributed by atoms with van der Waals surface area (Å²) in [5.41, 5.74) is 3.34. The summed E-state index contributed by atoms with van der Waals surface area (Å²) < 4.78 is 15.3. The maximum absolute atomic E-state index is 12.2. The molecule has 2 N–H and O–H groups in total. The number of methoxy groups -OCH3 is 3. The fourth-order valence-electron chi connectivity index (χ4n) is 2.22. The van der Waals surface area contributed by atoms with Gasteiger partial charge in [-0.1, -0.05) is 11.6 Å². The van der Waals surface area contributed by atoms with Crippen molar-refractivity contribution in [2.24, 2.45) is 5.10 Å². The van der Waals surface area contributed by atoms with Crippen LogP contribution >= 0.6 is 11.6 Å². The van der Waals surface area contributed by atoms with E-state index in [1.165, 1.54) is 33.6 Å². The van der Waals surface area contributed by atoms with E-state index < -0.39 is 11.8 Å². The minimum absolute atomic E-state index is 0.242. The van der Waals surface area contributed by atoms with Gasteiger partial charge in [0.25, 0.3) is 11.8 Å². The van der Waals surface area contributed by atoms with Crippen molar-refractivity contribution in [1.82, 2.24) is 10.7 Å². The van der Waals surface area contributed by atoms with E-state index in [0.717, 1.165) is 0 Å². The number of carbonyl (C=O) groups excluding carboxylic acids is 2. The van der Waals surface area contributed by atoms with Gasteiger partial charge in [-0.2, -0.15) is 5.10 Å². The molecule has 0 bridgehead atoms. The number of hydrazone groups is 1. The van der Waals surface area contributed by atoms with Crippen molar-refractivity contribution in [2.45, 2.75) is 0 Å². The lowest BCUT2D eigenvalue weighted by Crippen LogP contribution is -2.34. The summed E-state index contributed by atoms with van der Waals surface area (Å²) in [5.74, 6) is 0.555. The largest absolute Gasteiger partial charge is 0.495 e. The highest BCUT2D eigenvalue weighted by Crippen LogP contribution is 2.27. The number of benzene rings is 2. The summed E-state index contributed by atoms with van der Waals surface area (Å²) in [5, 5.41) is 6.76. The predicted molar refractivity (Wildman–Crippen MR) is 106 cm³/mol. The fourth-order valence-corrected chi connectivity index (χ4v) is 2.49. The van der Waals surface area contributed by atoms with E-state index >= 15 is 0 Å². The molecule has 9 heteroatoms. The van der Waals surface area contributed by atoms with E-state index in [-0.39, 0.29) is 6.54 Å². The van der Waals surface area contributed by atoms with Crippen molar-refractivity contribution in [1.29, 1.82) is 0 Å². The average Bonchev–Trinajstić information content (AvgIpc) is 2.71. The lowest BCUT2D eigenvalue weighted by atomic mass is 10.2. The Morgan fingerprint density at radius 3 is 2.32 bits per heavy atom. The molecule has 0 fully saturated rings. The summed E-state index contributed by atoms with van der Waals surface area (Å²) in [6.07, 6.45) is 1.43. The molecule has 0 radical (unpaired) electrons. The van der Waals surface area contributed by atoms with Crippen molar-refractivity contribution in [3.63, 3.8) is 0 Å². The highest BCUT2D eigenvalue weighted by Gasteiger charge is 2.11. The van der Waals surface area contributed by atoms with E-state index in [4.69, 9.17) is 25.8 Å². The van der Waals surface area contributed by atoms with Crippen LogP contribution in [0, 0.1) is 0 Å². The Bertz CT molecular complexity index is 886. The van der Waals surface area contributed by atoms with Gasteiger partial charge in [-0.3, -0.25) is 9.59 Å². The molecule has 0 aromatic heterocycles. The maximum Gasteiger partial charge on any atom is 0.259 e. The minimum atomic E-state index is -0.482. The summed E-state index contributed by atoms with van der Waals surface area (Å²) in [4.78, 5) is 24.0. The van der Waals surface area contributed by atoms with Crippen LogP contribution in [0.5, 0.6) is 17.2 Å². The third-order valence-electron chi connectivity index (χ3n) is 3.63. The number of halogens is 1. The van der Waals surface area contributed by atoms with Crippen LogP contribution in [0.2, 0.25) is 5.02 Å². The zero-order valence-corrected chi connectivity index (χ0v) is 16.4. The zero-order chi connectivity index (χ0) is 20.5. The number of hydrogen-bond donors (Lipinski definition) is 2. The van der Waals surface area contributed by atoms with Gasteiger partial charge in [-0.15, -0.1) is 0 Å². The standard InChI is InChI=1S/C19H20ClN3O5/c1-26-15-6-4-12(8-14(15)20)10-22-23-18(24)11-21-19(25)13-5-7-16(27-2)17(9-13)28-3/h4-10H,11H2,1-3H3,(H,21,25)(H,23,24)/b22-10-. The maximum atomic E-state index is 12.2. The summed E-state index contributed by atoms with van der Waals surface area (Å²) in [6.45, 7) is -0.242. The van der Waals surface area contributed by atoms with Gasteiger partial charge >= 0.3 is 0 Å². The van der Waals surface area contributed by atoms with Gasteiger partial charge in [0, 0.05) is 5.56 Å². The minimum Gasteiger partial charge on any atom is -0.495 e. The Labute approximate surface area is 167 Å². The van der Waals surface area contributed by atoms with Crippen molar-refractivity contribution in [3.05, 3.63) is 52.5 Å². The van der Waals surface area contributed by atoms with Gasteiger partial charge in [0.1, 0.15) is 5.75 Å². The molecule has 0 heterocycles. The van der Waals surface area contributed by atoms with Crippen LogP contribution in [-0.4, -0.2) is 45.9 Å². The van der Waals surface area contributed by atoms with Gasteiger partial charge in [0.15, 0.2) is 11.5 Å². The molecule has 2 aromatic rings. The van der Waals surface area contributed by atoms with Crippen LogP contribution in [0.1, 0.15) is 15.9 Å². The SMILES string of the molecule is COc1ccc(/C=N\NC(=O)CNC(=O)c2ccc(OC)c(OC)c2)cc1Cl. The van der Waals surface area contributed by atoms with E-state index in [2.05, 4.69) is 15.8 Å². The van der Waals surface area contributed by atoms with Gasteiger partial charge in [-0.05, 0) is 42.0 Å². The van der Waals surface area contributed by atoms with E-state index in [1.54, 1.807) is 30.3 Å². The predicted octanol–water partition coefficient (Wildman–Crippen LogP) is 2.25. The highest BCUT2D eigenvalue weighted by molar-refractivity contribution is 6.32. The molecule has 0 saturated carbocycles. The third-order valence-corrected chi connectivity index (χ3v) is 3.93.